The first-order valence-corrected chi connectivity index (χ1v) is 10.5. The smallest absolute Gasteiger partial charge is 0.221 e. The molecule has 1 saturated heterocycles. The van der Waals surface area contributed by atoms with Gasteiger partial charge in [-0.15, -0.1) is 0 Å². The van der Waals surface area contributed by atoms with Crippen molar-refractivity contribution >= 4 is 5.91 Å². The van der Waals surface area contributed by atoms with Crippen molar-refractivity contribution in [2.45, 2.75) is 24.9 Å². The van der Waals surface area contributed by atoms with Crippen LogP contribution >= 0.6 is 0 Å². The molecule has 3 rings (SSSR count). The first kappa shape index (κ1) is 22.1. The van der Waals surface area contributed by atoms with Gasteiger partial charge in [0, 0.05) is 20.0 Å². The molecule has 0 aliphatic carbocycles. The highest BCUT2D eigenvalue weighted by atomic mass is 16.5. The van der Waals surface area contributed by atoms with E-state index in [-0.39, 0.29) is 11.8 Å². The van der Waals surface area contributed by atoms with Crippen LogP contribution in [0.25, 0.3) is 0 Å². The van der Waals surface area contributed by atoms with E-state index in [2.05, 4.69) is 10.2 Å². The van der Waals surface area contributed by atoms with Crippen molar-refractivity contribution in [3.8, 4) is 11.5 Å². The van der Waals surface area contributed by atoms with Gasteiger partial charge in [-0.05, 0) is 67.2 Å². The first-order valence-electron chi connectivity index (χ1n) is 10.5. The Bertz CT molecular complexity index is 765. The summed E-state index contributed by atoms with van der Waals surface area (Å²) in [5, 5.41) is 14.8. The number of likely N-dealkylation sites (tertiary alicyclic amines) is 1. The van der Waals surface area contributed by atoms with Crippen LogP contribution < -0.4 is 14.8 Å². The SMILES string of the molecule is CNC(=O)CCN1CCC(C(O)(c2ccc(OC)cc2)c2ccc(OC)cc2)CC1. The number of benzene rings is 2. The van der Waals surface area contributed by atoms with Gasteiger partial charge in [0.15, 0.2) is 0 Å². The second-order valence-electron chi connectivity index (χ2n) is 7.76. The Morgan fingerprint density at radius 2 is 1.47 bits per heavy atom. The molecule has 0 unspecified atom stereocenters. The molecule has 1 aliphatic heterocycles. The Morgan fingerprint density at radius 3 is 1.87 bits per heavy atom. The summed E-state index contributed by atoms with van der Waals surface area (Å²) in [6.45, 7) is 2.46. The number of aliphatic hydroxyl groups is 1. The number of carbonyl (C=O) groups excluding carboxylic acids is 1. The molecular formula is C24H32N2O4. The summed E-state index contributed by atoms with van der Waals surface area (Å²) in [7, 11) is 4.94. The van der Waals surface area contributed by atoms with Crippen molar-refractivity contribution in [2.75, 3.05) is 40.9 Å². The fraction of sp³-hybridized carbons (Fsp3) is 0.458. The minimum absolute atomic E-state index is 0.0603. The lowest BCUT2D eigenvalue weighted by Gasteiger charge is -2.42. The van der Waals surface area contributed by atoms with E-state index in [1.54, 1.807) is 21.3 Å². The number of hydrogen-bond donors (Lipinski definition) is 2. The van der Waals surface area contributed by atoms with Gasteiger partial charge in [0.1, 0.15) is 17.1 Å². The average molecular weight is 413 g/mol. The number of amides is 1. The van der Waals surface area contributed by atoms with Gasteiger partial charge < -0.3 is 24.8 Å². The third-order valence-electron chi connectivity index (χ3n) is 6.17. The van der Waals surface area contributed by atoms with Crippen LogP contribution in [0.4, 0.5) is 0 Å². The predicted octanol–water partition coefficient (Wildman–Crippen LogP) is 2.79. The second kappa shape index (κ2) is 9.96. The minimum atomic E-state index is -1.11. The zero-order valence-electron chi connectivity index (χ0n) is 18.1. The van der Waals surface area contributed by atoms with Gasteiger partial charge in [0.2, 0.25) is 5.91 Å². The molecule has 1 aliphatic rings. The van der Waals surface area contributed by atoms with Crippen LogP contribution in [0.5, 0.6) is 11.5 Å². The first-order chi connectivity index (χ1) is 14.5. The molecule has 6 nitrogen and oxygen atoms in total. The van der Waals surface area contributed by atoms with E-state index in [0.717, 1.165) is 55.1 Å². The van der Waals surface area contributed by atoms with Crippen molar-refractivity contribution in [3.63, 3.8) is 0 Å². The van der Waals surface area contributed by atoms with Crippen LogP contribution in [0.3, 0.4) is 0 Å². The maximum atomic E-state index is 12.1. The second-order valence-corrected chi connectivity index (χ2v) is 7.76. The molecule has 0 atom stereocenters. The molecule has 0 aromatic heterocycles. The van der Waals surface area contributed by atoms with Crippen molar-refractivity contribution in [1.82, 2.24) is 10.2 Å². The van der Waals surface area contributed by atoms with Gasteiger partial charge >= 0.3 is 0 Å². The van der Waals surface area contributed by atoms with Crippen LogP contribution in [0.1, 0.15) is 30.4 Å². The van der Waals surface area contributed by atoms with Crippen molar-refractivity contribution in [1.29, 1.82) is 0 Å². The third-order valence-corrected chi connectivity index (χ3v) is 6.17. The Labute approximate surface area is 178 Å². The Hall–Kier alpha value is -2.57. The van der Waals surface area contributed by atoms with Gasteiger partial charge in [-0.25, -0.2) is 0 Å². The highest BCUT2D eigenvalue weighted by Crippen LogP contribution is 2.42. The summed E-state index contributed by atoms with van der Waals surface area (Å²) < 4.78 is 10.6. The molecule has 1 amide bonds. The summed E-state index contributed by atoms with van der Waals surface area (Å²) in [6, 6.07) is 15.3. The molecular weight excluding hydrogens is 380 g/mol. The van der Waals surface area contributed by atoms with E-state index < -0.39 is 5.60 Å². The standard InChI is InChI=1S/C24H32N2O4/c1-25-23(27)14-17-26-15-12-20(13-16-26)24(28,18-4-8-21(29-2)9-5-18)19-6-10-22(30-3)11-7-19/h4-11,20,28H,12-17H2,1-3H3,(H,25,27). The number of carbonyl (C=O) groups is 1. The maximum absolute atomic E-state index is 12.1. The molecule has 6 heteroatoms. The van der Waals surface area contributed by atoms with Crippen molar-refractivity contribution < 1.29 is 19.4 Å². The Kier molecular flexibility index (Phi) is 7.34. The average Bonchev–Trinajstić information content (AvgIpc) is 2.82. The molecule has 0 saturated carbocycles. The lowest BCUT2D eigenvalue weighted by Crippen LogP contribution is -2.44. The van der Waals surface area contributed by atoms with Crippen molar-refractivity contribution in [2.24, 2.45) is 5.92 Å². The summed E-state index contributed by atoms with van der Waals surface area (Å²) in [4.78, 5) is 13.9. The zero-order valence-corrected chi connectivity index (χ0v) is 18.1. The van der Waals surface area contributed by atoms with Crippen LogP contribution in [-0.4, -0.2) is 56.8 Å². The Morgan fingerprint density at radius 1 is 1.00 bits per heavy atom. The van der Waals surface area contributed by atoms with Gasteiger partial charge in [0.05, 0.1) is 14.2 Å². The molecule has 0 bridgehead atoms. The number of ether oxygens (including phenoxy) is 2. The van der Waals surface area contributed by atoms with Crippen LogP contribution in [0, 0.1) is 5.92 Å². The number of methoxy groups -OCH3 is 2. The highest BCUT2D eigenvalue weighted by molar-refractivity contribution is 5.75. The summed E-state index contributed by atoms with van der Waals surface area (Å²) >= 11 is 0. The van der Waals surface area contributed by atoms with E-state index in [1.807, 2.05) is 48.5 Å². The van der Waals surface area contributed by atoms with Crippen molar-refractivity contribution in [3.05, 3.63) is 59.7 Å². The zero-order chi connectivity index (χ0) is 21.6. The summed E-state index contributed by atoms with van der Waals surface area (Å²) in [5.74, 6) is 1.65. The Balaban J connectivity index is 1.83. The number of rotatable bonds is 8. The third kappa shape index (κ3) is 4.77. The molecule has 0 radical (unpaired) electrons. The molecule has 1 heterocycles. The van der Waals surface area contributed by atoms with Gasteiger partial charge in [-0.2, -0.15) is 0 Å². The van der Waals surface area contributed by atoms with Gasteiger partial charge in [-0.1, -0.05) is 24.3 Å². The lowest BCUT2D eigenvalue weighted by molar-refractivity contribution is -0.121. The predicted molar refractivity (Wildman–Crippen MR) is 117 cm³/mol. The van der Waals surface area contributed by atoms with Crippen LogP contribution in [0.2, 0.25) is 0 Å². The highest BCUT2D eigenvalue weighted by Gasteiger charge is 2.41. The maximum Gasteiger partial charge on any atom is 0.221 e. The topological polar surface area (TPSA) is 71.0 Å². The van der Waals surface area contributed by atoms with Crippen LogP contribution in [0.15, 0.2) is 48.5 Å². The van der Waals surface area contributed by atoms with Gasteiger partial charge in [-0.3, -0.25) is 4.79 Å². The quantitative estimate of drug-likeness (QED) is 0.698. The van der Waals surface area contributed by atoms with E-state index in [0.29, 0.717) is 6.42 Å². The number of hydrogen-bond acceptors (Lipinski definition) is 5. The number of nitrogens with one attached hydrogen (secondary N) is 1. The summed E-state index contributed by atoms with van der Waals surface area (Å²) in [6.07, 6.45) is 2.20. The van der Waals surface area contributed by atoms with E-state index >= 15 is 0 Å². The van der Waals surface area contributed by atoms with Crippen LogP contribution in [-0.2, 0) is 10.4 Å². The molecule has 2 aromatic carbocycles. The molecule has 0 spiro atoms. The van der Waals surface area contributed by atoms with E-state index in [9.17, 15) is 9.90 Å². The largest absolute Gasteiger partial charge is 0.497 e. The summed E-state index contributed by atoms with van der Waals surface area (Å²) in [5.41, 5.74) is 0.611. The number of nitrogens with zero attached hydrogens (tertiary/aromatic N) is 1. The minimum Gasteiger partial charge on any atom is -0.497 e. The molecule has 2 aromatic rings. The fourth-order valence-corrected chi connectivity index (χ4v) is 4.29. The van der Waals surface area contributed by atoms with Gasteiger partial charge in [0.25, 0.3) is 0 Å². The molecule has 30 heavy (non-hydrogen) atoms. The fourth-order valence-electron chi connectivity index (χ4n) is 4.29. The van der Waals surface area contributed by atoms with E-state index in [1.165, 1.54) is 0 Å². The molecule has 2 N–H and O–H groups in total. The monoisotopic (exact) mass is 412 g/mol. The number of piperidine rings is 1. The molecule has 1 fully saturated rings. The normalized spacial score (nSPS) is 15.6. The molecule has 162 valence electrons. The lowest BCUT2D eigenvalue weighted by atomic mass is 9.72. The van der Waals surface area contributed by atoms with E-state index in [4.69, 9.17) is 9.47 Å².